The predicted octanol–water partition coefficient (Wildman–Crippen LogP) is 3.53. The first kappa shape index (κ1) is 21.2. The van der Waals surface area contributed by atoms with E-state index in [1.807, 2.05) is 31.3 Å². The quantitative estimate of drug-likeness (QED) is 0.747. The van der Waals surface area contributed by atoms with Crippen LogP contribution >= 0.6 is 0 Å². The van der Waals surface area contributed by atoms with Crippen molar-refractivity contribution in [2.24, 2.45) is 5.92 Å². The Hall–Kier alpha value is -3.03. The number of benzene rings is 2. The van der Waals surface area contributed by atoms with Gasteiger partial charge >= 0.3 is 6.18 Å². The molecule has 2 aromatic rings. The zero-order chi connectivity index (χ0) is 22.2. The molecule has 2 heterocycles. The van der Waals surface area contributed by atoms with E-state index in [2.05, 4.69) is 4.90 Å². The Morgan fingerprint density at radius 1 is 1.10 bits per heavy atom. The number of rotatable bonds is 3. The SMILES string of the molecule is CN1CCN(C(=O)C2CC(=O)N(Cc3cccc(C(F)(F)F)c3)C2)Cc2ccccc21. The largest absolute Gasteiger partial charge is 0.416 e. The van der Waals surface area contributed by atoms with Gasteiger partial charge in [-0.05, 0) is 29.3 Å². The lowest BCUT2D eigenvalue weighted by Crippen LogP contribution is -2.39. The van der Waals surface area contributed by atoms with Gasteiger partial charge in [0.05, 0.1) is 11.5 Å². The summed E-state index contributed by atoms with van der Waals surface area (Å²) in [4.78, 5) is 31.1. The van der Waals surface area contributed by atoms with Gasteiger partial charge in [-0.25, -0.2) is 0 Å². The molecule has 31 heavy (non-hydrogen) atoms. The summed E-state index contributed by atoms with van der Waals surface area (Å²) in [6, 6.07) is 12.9. The highest BCUT2D eigenvalue weighted by atomic mass is 19.4. The third kappa shape index (κ3) is 4.52. The zero-order valence-electron chi connectivity index (χ0n) is 17.2. The van der Waals surface area contributed by atoms with Gasteiger partial charge in [0.2, 0.25) is 11.8 Å². The first-order valence-corrected chi connectivity index (χ1v) is 10.2. The monoisotopic (exact) mass is 431 g/mol. The minimum Gasteiger partial charge on any atom is -0.373 e. The summed E-state index contributed by atoms with van der Waals surface area (Å²) < 4.78 is 38.9. The fraction of sp³-hybridized carbons (Fsp3) is 0.391. The van der Waals surface area contributed by atoms with Crippen molar-refractivity contribution in [1.82, 2.24) is 9.80 Å². The maximum atomic E-state index is 13.2. The molecular formula is C23H24F3N3O2. The highest BCUT2D eigenvalue weighted by Gasteiger charge is 2.37. The lowest BCUT2D eigenvalue weighted by Gasteiger charge is -2.24. The maximum Gasteiger partial charge on any atom is 0.416 e. The van der Waals surface area contributed by atoms with Crippen molar-refractivity contribution in [3.8, 4) is 0 Å². The van der Waals surface area contributed by atoms with Crippen LogP contribution < -0.4 is 4.90 Å². The fourth-order valence-corrected chi connectivity index (χ4v) is 4.30. The van der Waals surface area contributed by atoms with Crippen molar-refractivity contribution in [3.63, 3.8) is 0 Å². The van der Waals surface area contributed by atoms with Gasteiger partial charge in [0.25, 0.3) is 0 Å². The van der Waals surface area contributed by atoms with Crippen molar-refractivity contribution >= 4 is 17.5 Å². The molecule has 4 rings (SSSR count). The number of anilines is 1. The molecule has 5 nitrogen and oxygen atoms in total. The third-order valence-electron chi connectivity index (χ3n) is 5.97. The summed E-state index contributed by atoms with van der Waals surface area (Å²) >= 11 is 0. The summed E-state index contributed by atoms with van der Waals surface area (Å²) in [6.07, 6.45) is -4.34. The summed E-state index contributed by atoms with van der Waals surface area (Å²) in [5.41, 5.74) is 1.81. The van der Waals surface area contributed by atoms with E-state index < -0.39 is 17.7 Å². The number of likely N-dealkylation sites (tertiary alicyclic amines) is 1. The Bertz CT molecular complexity index is 992. The van der Waals surface area contributed by atoms with Crippen LogP contribution in [-0.2, 0) is 28.9 Å². The molecule has 0 radical (unpaired) electrons. The molecule has 0 bridgehead atoms. The lowest BCUT2D eigenvalue weighted by atomic mass is 10.1. The number of alkyl halides is 3. The molecule has 0 saturated carbocycles. The second-order valence-electron chi connectivity index (χ2n) is 8.18. The molecule has 1 unspecified atom stereocenters. The number of halogens is 3. The maximum absolute atomic E-state index is 13.2. The molecule has 2 amide bonds. The smallest absolute Gasteiger partial charge is 0.373 e. The van der Waals surface area contributed by atoms with Crippen LogP contribution in [-0.4, -0.2) is 48.3 Å². The number of carbonyl (C=O) groups is 2. The number of hydrogen-bond acceptors (Lipinski definition) is 3. The normalized spacial score (nSPS) is 19.4. The number of carbonyl (C=O) groups excluding carboxylic acids is 2. The highest BCUT2D eigenvalue weighted by Crippen LogP contribution is 2.31. The molecular weight excluding hydrogens is 407 g/mol. The molecule has 164 valence electrons. The second-order valence-corrected chi connectivity index (χ2v) is 8.18. The lowest BCUT2D eigenvalue weighted by molar-refractivity contribution is -0.137. The van der Waals surface area contributed by atoms with E-state index in [0.29, 0.717) is 25.2 Å². The highest BCUT2D eigenvalue weighted by molar-refractivity contribution is 5.89. The zero-order valence-corrected chi connectivity index (χ0v) is 17.2. The Labute approximate surface area is 179 Å². The Morgan fingerprint density at radius 2 is 1.87 bits per heavy atom. The van der Waals surface area contributed by atoms with Crippen molar-refractivity contribution in [3.05, 3.63) is 65.2 Å². The first-order chi connectivity index (χ1) is 14.7. The Balaban J connectivity index is 1.44. The summed E-state index contributed by atoms with van der Waals surface area (Å²) in [7, 11) is 1.99. The van der Waals surface area contributed by atoms with E-state index in [1.54, 1.807) is 11.0 Å². The van der Waals surface area contributed by atoms with Gasteiger partial charge in [-0.2, -0.15) is 13.2 Å². The minimum absolute atomic E-state index is 0.0676. The van der Waals surface area contributed by atoms with Gasteiger partial charge in [-0.1, -0.05) is 30.3 Å². The van der Waals surface area contributed by atoms with E-state index in [1.165, 1.54) is 11.0 Å². The number of hydrogen-bond donors (Lipinski definition) is 0. The van der Waals surface area contributed by atoms with E-state index in [-0.39, 0.29) is 31.3 Å². The van der Waals surface area contributed by atoms with Gasteiger partial charge in [0.15, 0.2) is 0 Å². The van der Waals surface area contributed by atoms with E-state index >= 15 is 0 Å². The number of fused-ring (bicyclic) bond motifs is 1. The van der Waals surface area contributed by atoms with Crippen LogP contribution in [0, 0.1) is 5.92 Å². The summed E-state index contributed by atoms with van der Waals surface area (Å²) in [6.45, 7) is 2.03. The van der Waals surface area contributed by atoms with Crippen molar-refractivity contribution < 1.29 is 22.8 Å². The fourth-order valence-electron chi connectivity index (χ4n) is 4.30. The molecule has 1 saturated heterocycles. The van der Waals surface area contributed by atoms with Crippen LogP contribution in [0.3, 0.4) is 0 Å². The van der Waals surface area contributed by atoms with Crippen LogP contribution in [0.25, 0.3) is 0 Å². The second kappa shape index (κ2) is 8.24. The number of para-hydroxylation sites is 1. The first-order valence-electron chi connectivity index (χ1n) is 10.2. The van der Waals surface area contributed by atoms with Crippen LogP contribution in [0.1, 0.15) is 23.1 Å². The molecule has 1 fully saturated rings. The average molecular weight is 431 g/mol. The molecule has 0 aliphatic carbocycles. The Morgan fingerprint density at radius 3 is 2.65 bits per heavy atom. The van der Waals surface area contributed by atoms with Crippen molar-refractivity contribution in [2.75, 3.05) is 31.6 Å². The third-order valence-corrected chi connectivity index (χ3v) is 5.97. The van der Waals surface area contributed by atoms with Gasteiger partial charge in [0, 0.05) is 51.9 Å². The number of likely N-dealkylation sites (N-methyl/N-ethyl adjacent to an activating group) is 1. The topological polar surface area (TPSA) is 43.9 Å². The van der Waals surface area contributed by atoms with Gasteiger partial charge < -0.3 is 14.7 Å². The molecule has 2 aromatic carbocycles. The van der Waals surface area contributed by atoms with E-state index in [4.69, 9.17) is 0 Å². The number of nitrogens with zero attached hydrogens (tertiary/aromatic N) is 3. The molecule has 0 spiro atoms. The molecule has 8 heteroatoms. The average Bonchev–Trinajstić information content (AvgIpc) is 3.00. The molecule has 0 aromatic heterocycles. The minimum atomic E-state index is -4.43. The van der Waals surface area contributed by atoms with Crippen molar-refractivity contribution in [1.29, 1.82) is 0 Å². The molecule has 0 N–H and O–H groups in total. The van der Waals surface area contributed by atoms with Crippen LogP contribution in [0.5, 0.6) is 0 Å². The van der Waals surface area contributed by atoms with Crippen LogP contribution in [0.15, 0.2) is 48.5 Å². The van der Waals surface area contributed by atoms with E-state index in [0.717, 1.165) is 23.4 Å². The van der Waals surface area contributed by atoms with Crippen molar-refractivity contribution in [2.45, 2.75) is 25.7 Å². The Kier molecular flexibility index (Phi) is 5.64. The van der Waals surface area contributed by atoms with Gasteiger partial charge in [-0.15, -0.1) is 0 Å². The molecule has 2 aliphatic heterocycles. The predicted molar refractivity (Wildman–Crippen MR) is 110 cm³/mol. The number of amides is 2. The van der Waals surface area contributed by atoms with E-state index in [9.17, 15) is 22.8 Å². The van der Waals surface area contributed by atoms with Gasteiger partial charge in [0.1, 0.15) is 0 Å². The molecule has 2 aliphatic rings. The standard InChI is InChI=1S/C23H24F3N3O2/c1-27-9-10-28(14-17-6-2-3-8-20(17)27)22(31)18-12-21(30)29(15-18)13-16-5-4-7-19(11-16)23(24,25)26/h2-8,11,18H,9-10,12-15H2,1H3. The molecule has 1 atom stereocenters. The van der Waals surface area contributed by atoms with Crippen LogP contribution in [0.4, 0.5) is 18.9 Å². The van der Waals surface area contributed by atoms with Gasteiger partial charge in [-0.3, -0.25) is 9.59 Å². The van der Waals surface area contributed by atoms with Crippen LogP contribution in [0.2, 0.25) is 0 Å². The summed E-state index contributed by atoms with van der Waals surface area (Å²) in [5.74, 6) is -0.762. The summed E-state index contributed by atoms with van der Waals surface area (Å²) in [5, 5.41) is 0.